The molecule has 0 bridgehead atoms. The van der Waals surface area contributed by atoms with Crippen molar-refractivity contribution in [2.45, 2.75) is 0 Å². The van der Waals surface area contributed by atoms with Gasteiger partial charge in [-0.05, 0) is 12.1 Å². The highest BCUT2D eigenvalue weighted by Crippen LogP contribution is 2.42. The van der Waals surface area contributed by atoms with E-state index in [1.165, 1.54) is 12.4 Å². The van der Waals surface area contributed by atoms with E-state index in [1.807, 2.05) is 0 Å². The molecule has 25 heavy (non-hydrogen) atoms. The van der Waals surface area contributed by atoms with Crippen molar-refractivity contribution in [1.82, 2.24) is 15.3 Å². The molecule has 1 saturated heterocycles. The molecule has 1 aliphatic heterocycles. The molecule has 0 saturated carbocycles. The third kappa shape index (κ3) is 2.92. The largest absolute Gasteiger partial charge is 0.353 e. The molecule has 0 aliphatic carbocycles. The van der Waals surface area contributed by atoms with Crippen LogP contribution in [-0.4, -0.2) is 36.1 Å². The van der Waals surface area contributed by atoms with Crippen LogP contribution in [0.4, 0.5) is 10.2 Å². The zero-order valence-electron chi connectivity index (χ0n) is 13.3. The van der Waals surface area contributed by atoms with Gasteiger partial charge in [0.2, 0.25) is 0 Å². The maximum absolute atomic E-state index is 14.2. The number of nitrogens with zero attached hydrogens (tertiary/aromatic N) is 3. The lowest BCUT2D eigenvalue weighted by atomic mass is 10.0. The molecular formula is C18H15Cl2FN4. The molecule has 1 fully saturated rings. The summed E-state index contributed by atoms with van der Waals surface area (Å²) in [4.78, 5) is 10.9. The number of anilines is 1. The van der Waals surface area contributed by atoms with Gasteiger partial charge in [0.25, 0.3) is 0 Å². The van der Waals surface area contributed by atoms with E-state index in [1.54, 1.807) is 24.3 Å². The topological polar surface area (TPSA) is 41.0 Å². The number of benzene rings is 2. The summed E-state index contributed by atoms with van der Waals surface area (Å²) in [6.07, 6.45) is 1.49. The highest BCUT2D eigenvalue weighted by atomic mass is 35.5. The number of hydrogen-bond donors (Lipinski definition) is 1. The van der Waals surface area contributed by atoms with Crippen molar-refractivity contribution >= 4 is 39.9 Å². The van der Waals surface area contributed by atoms with Crippen molar-refractivity contribution in [2.24, 2.45) is 0 Å². The first-order valence-electron chi connectivity index (χ1n) is 8.00. The number of rotatable bonds is 2. The van der Waals surface area contributed by atoms with E-state index in [0.717, 1.165) is 37.4 Å². The van der Waals surface area contributed by atoms with Crippen molar-refractivity contribution in [2.75, 3.05) is 31.1 Å². The Bertz CT molecular complexity index is 942. The molecule has 1 aromatic heterocycles. The summed E-state index contributed by atoms with van der Waals surface area (Å²) in [5, 5.41) is 4.81. The molecule has 7 heteroatoms. The van der Waals surface area contributed by atoms with Crippen LogP contribution in [-0.2, 0) is 0 Å². The number of nitrogens with one attached hydrogen (secondary N) is 1. The van der Waals surface area contributed by atoms with Gasteiger partial charge in [-0.15, -0.1) is 0 Å². The minimum Gasteiger partial charge on any atom is -0.353 e. The molecule has 0 spiro atoms. The third-order valence-corrected chi connectivity index (χ3v) is 5.03. The molecular weight excluding hydrogens is 362 g/mol. The second kappa shape index (κ2) is 6.75. The summed E-state index contributed by atoms with van der Waals surface area (Å²) in [5.41, 5.74) is 1.40. The zero-order valence-corrected chi connectivity index (χ0v) is 14.8. The van der Waals surface area contributed by atoms with Crippen LogP contribution < -0.4 is 10.2 Å². The number of halogens is 3. The summed E-state index contributed by atoms with van der Waals surface area (Å²) in [6.45, 7) is 3.47. The van der Waals surface area contributed by atoms with E-state index >= 15 is 0 Å². The van der Waals surface area contributed by atoms with E-state index in [0.29, 0.717) is 26.7 Å². The molecule has 4 nitrogen and oxygen atoms in total. The molecule has 0 amide bonds. The maximum Gasteiger partial charge on any atom is 0.140 e. The van der Waals surface area contributed by atoms with Crippen LogP contribution in [0.5, 0.6) is 0 Å². The van der Waals surface area contributed by atoms with Crippen LogP contribution in [0.1, 0.15) is 0 Å². The van der Waals surface area contributed by atoms with Crippen molar-refractivity contribution in [3.8, 4) is 11.1 Å². The first-order chi connectivity index (χ1) is 12.2. The summed E-state index contributed by atoms with van der Waals surface area (Å²) < 4.78 is 14.2. The van der Waals surface area contributed by atoms with Gasteiger partial charge in [0.1, 0.15) is 18.0 Å². The predicted molar refractivity (Wildman–Crippen MR) is 100 cm³/mol. The van der Waals surface area contributed by atoms with Gasteiger partial charge in [0.05, 0.1) is 15.6 Å². The highest BCUT2D eigenvalue weighted by molar-refractivity contribution is 6.43. The van der Waals surface area contributed by atoms with Crippen LogP contribution in [0.25, 0.3) is 22.0 Å². The molecule has 1 aliphatic rings. The van der Waals surface area contributed by atoms with Crippen LogP contribution in [0, 0.1) is 5.82 Å². The van der Waals surface area contributed by atoms with Gasteiger partial charge in [0, 0.05) is 42.7 Å². The van der Waals surface area contributed by atoms with Gasteiger partial charge >= 0.3 is 0 Å². The third-order valence-electron chi connectivity index (χ3n) is 4.36. The van der Waals surface area contributed by atoms with Crippen LogP contribution in [0.2, 0.25) is 10.0 Å². The van der Waals surface area contributed by atoms with Gasteiger partial charge in [-0.2, -0.15) is 0 Å². The first-order valence-corrected chi connectivity index (χ1v) is 8.75. The number of aromatic nitrogens is 2. The lowest BCUT2D eigenvalue weighted by molar-refractivity contribution is 0.586. The molecule has 3 aromatic rings. The lowest BCUT2D eigenvalue weighted by Crippen LogP contribution is -2.44. The molecule has 128 valence electrons. The Morgan fingerprint density at radius 3 is 2.60 bits per heavy atom. The number of hydrogen-bond acceptors (Lipinski definition) is 4. The van der Waals surface area contributed by atoms with Crippen molar-refractivity contribution in [1.29, 1.82) is 0 Å². The summed E-state index contributed by atoms with van der Waals surface area (Å²) in [5.74, 6) is 0.428. The Hall–Kier alpha value is -1.95. The fourth-order valence-corrected chi connectivity index (χ4v) is 3.86. The Morgan fingerprint density at radius 2 is 1.84 bits per heavy atom. The first kappa shape index (κ1) is 16.5. The second-order valence-corrected chi connectivity index (χ2v) is 6.64. The SMILES string of the molecule is Fc1ccccc1-c1c(Cl)cc2c(N3CCNCC3)ncnc2c1Cl. The quantitative estimate of drug-likeness (QED) is 0.729. The molecule has 0 unspecified atom stereocenters. The lowest BCUT2D eigenvalue weighted by Gasteiger charge is -2.29. The zero-order chi connectivity index (χ0) is 17.4. The van der Waals surface area contributed by atoms with Crippen molar-refractivity contribution < 1.29 is 4.39 Å². The normalized spacial score (nSPS) is 14.9. The average molecular weight is 377 g/mol. The number of piperazine rings is 1. The Balaban J connectivity index is 1.93. The van der Waals surface area contributed by atoms with E-state index in [-0.39, 0.29) is 5.82 Å². The van der Waals surface area contributed by atoms with Gasteiger partial charge in [0.15, 0.2) is 0 Å². The fraction of sp³-hybridized carbons (Fsp3) is 0.222. The van der Waals surface area contributed by atoms with E-state index in [2.05, 4.69) is 20.2 Å². The van der Waals surface area contributed by atoms with Gasteiger partial charge in [-0.25, -0.2) is 14.4 Å². The van der Waals surface area contributed by atoms with E-state index in [4.69, 9.17) is 23.2 Å². The number of fused-ring (bicyclic) bond motifs is 1. The highest BCUT2D eigenvalue weighted by Gasteiger charge is 2.21. The molecule has 1 N–H and O–H groups in total. The summed E-state index contributed by atoms with van der Waals surface area (Å²) >= 11 is 13.1. The van der Waals surface area contributed by atoms with Gasteiger partial charge in [-0.1, -0.05) is 41.4 Å². The van der Waals surface area contributed by atoms with Crippen LogP contribution >= 0.6 is 23.2 Å². The van der Waals surface area contributed by atoms with E-state index in [9.17, 15) is 4.39 Å². The summed E-state index contributed by atoms with van der Waals surface area (Å²) in [7, 11) is 0. The Kier molecular flexibility index (Phi) is 4.46. The Labute approximate surface area is 154 Å². The van der Waals surface area contributed by atoms with Crippen molar-refractivity contribution in [3.05, 3.63) is 52.5 Å². The molecule has 0 radical (unpaired) electrons. The molecule has 2 aromatic carbocycles. The van der Waals surface area contributed by atoms with Gasteiger partial charge in [-0.3, -0.25) is 0 Å². The smallest absolute Gasteiger partial charge is 0.140 e. The second-order valence-electron chi connectivity index (χ2n) is 5.86. The van der Waals surface area contributed by atoms with E-state index < -0.39 is 0 Å². The maximum atomic E-state index is 14.2. The summed E-state index contributed by atoms with van der Waals surface area (Å²) in [6, 6.07) is 8.21. The predicted octanol–water partition coefficient (Wildman–Crippen LogP) is 4.15. The van der Waals surface area contributed by atoms with Crippen molar-refractivity contribution in [3.63, 3.8) is 0 Å². The van der Waals surface area contributed by atoms with Gasteiger partial charge < -0.3 is 10.2 Å². The standard InChI is InChI=1S/C18H15Cl2FN4/c19-13-9-12-17(16(20)15(13)11-3-1-2-4-14(11)21)23-10-24-18(12)25-7-5-22-6-8-25/h1-4,9-10,22H,5-8H2. The minimum absolute atomic E-state index is 0.339. The van der Waals surface area contributed by atoms with Crippen LogP contribution in [0.15, 0.2) is 36.7 Å². The van der Waals surface area contributed by atoms with Crippen LogP contribution in [0.3, 0.4) is 0 Å². The Morgan fingerprint density at radius 1 is 1.08 bits per heavy atom. The average Bonchev–Trinajstić information content (AvgIpc) is 2.63. The minimum atomic E-state index is -0.373. The molecule has 2 heterocycles. The monoisotopic (exact) mass is 376 g/mol. The molecule has 4 rings (SSSR count). The fourth-order valence-electron chi connectivity index (χ4n) is 3.16. The molecule has 0 atom stereocenters.